The van der Waals surface area contributed by atoms with Gasteiger partial charge in [0, 0.05) is 5.69 Å². The van der Waals surface area contributed by atoms with Crippen molar-refractivity contribution in [1.29, 1.82) is 0 Å². The van der Waals surface area contributed by atoms with Crippen LogP contribution in [0.4, 0.5) is 5.69 Å². The summed E-state index contributed by atoms with van der Waals surface area (Å²) in [6.45, 7) is 10.0. The highest BCUT2D eigenvalue weighted by Gasteiger charge is 2.39. The lowest BCUT2D eigenvalue weighted by Crippen LogP contribution is -2.62. The molecule has 0 radical (unpaired) electrons. The number of amides is 2. The quantitative estimate of drug-likeness (QED) is 0.909. The summed E-state index contributed by atoms with van der Waals surface area (Å²) in [6, 6.07) is 6.94. The second-order valence-electron chi connectivity index (χ2n) is 6.62. The SMILES string of the molecule is CCC1NC(=O)C(C)N(c2ccccc2C(C)(C)C)C1=O. The first kappa shape index (κ1) is 15.5. The van der Waals surface area contributed by atoms with Crippen molar-refractivity contribution >= 4 is 17.5 Å². The van der Waals surface area contributed by atoms with E-state index in [9.17, 15) is 9.59 Å². The van der Waals surface area contributed by atoms with E-state index < -0.39 is 12.1 Å². The molecular weight excluding hydrogens is 264 g/mol. The van der Waals surface area contributed by atoms with Gasteiger partial charge in [-0.2, -0.15) is 0 Å². The van der Waals surface area contributed by atoms with Crippen molar-refractivity contribution in [2.75, 3.05) is 4.90 Å². The highest BCUT2D eigenvalue weighted by molar-refractivity contribution is 6.08. The molecule has 2 atom stereocenters. The molecular formula is C17H24N2O2. The molecule has 0 aromatic heterocycles. The van der Waals surface area contributed by atoms with Gasteiger partial charge in [0.15, 0.2) is 0 Å². The molecule has 114 valence electrons. The molecule has 0 spiro atoms. The largest absolute Gasteiger partial charge is 0.343 e. The van der Waals surface area contributed by atoms with E-state index in [0.717, 1.165) is 11.3 Å². The maximum absolute atomic E-state index is 12.7. The summed E-state index contributed by atoms with van der Waals surface area (Å²) >= 11 is 0. The van der Waals surface area contributed by atoms with E-state index in [2.05, 4.69) is 26.1 Å². The third-order valence-corrected chi connectivity index (χ3v) is 4.00. The highest BCUT2D eigenvalue weighted by Crippen LogP contribution is 2.34. The van der Waals surface area contributed by atoms with Crippen LogP contribution >= 0.6 is 0 Å². The summed E-state index contributed by atoms with van der Waals surface area (Å²) in [5.74, 6) is -0.119. The van der Waals surface area contributed by atoms with Crippen molar-refractivity contribution < 1.29 is 9.59 Å². The molecule has 4 nitrogen and oxygen atoms in total. The van der Waals surface area contributed by atoms with Crippen molar-refractivity contribution in [3.05, 3.63) is 29.8 Å². The predicted molar refractivity (Wildman–Crippen MR) is 84.3 cm³/mol. The molecule has 1 aromatic carbocycles. The average molecular weight is 288 g/mol. The number of nitrogens with one attached hydrogen (secondary N) is 1. The predicted octanol–water partition coefficient (Wildman–Crippen LogP) is 2.61. The number of anilines is 1. The Hall–Kier alpha value is -1.84. The standard InChI is InChI=1S/C17H24N2O2/c1-6-13-16(21)19(11(2)15(20)18-13)14-10-8-7-9-12(14)17(3,4)5/h7-11,13H,6H2,1-5H3,(H,18,20). The first-order valence-electron chi connectivity index (χ1n) is 7.50. The molecule has 1 heterocycles. The summed E-state index contributed by atoms with van der Waals surface area (Å²) in [4.78, 5) is 26.5. The van der Waals surface area contributed by atoms with E-state index in [-0.39, 0.29) is 17.2 Å². The number of hydrogen-bond donors (Lipinski definition) is 1. The third-order valence-electron chi connectivity index (χ3n) is 4.00. The molecule has 2 unspecified atom stereocenters. The number of nitrogens with zero attached hydrogens (tertiary/aromatic N) is 1. The zero-order valence-corrected chi connectivity index (χ0v) is 13.4. The van der Waals surface area contributed by atoms with Crippen molar-refractivity contribution in [2.24, 2.45) is 0 Å². The van der Waals surface area contributed by atoms with Gasteiger partial charge in [-0.15, -0.1) is 0 Å². The van der Waals surface area contributed by atoms with Crippen molar-refractivity contribution in [1.82, 2.24) is 5.32 Å². The van der Waals surface area contributed by atoms with E-state index in [0.29, 0.717) is 6.42 Å². The lowest BCUT2D eigenvalue weighted by Gasteiger charge is -2.39. The third kappa shape index (κ3) is 2.80. The Kier molecular flexibility index (Phi) is 4.08. The van der Waals surface area contributed by atoms with Crippen LogP contribution in [0.1, 0.15) is 46.6 Å². The molecule has 1 N–H and O–H groups in total. The van der Waals surface area contributed by atoms with Crippen LogP contribution in [0.25, 0.3) is 0 Å². The Bertz CT molecular complexity index is 560. The van der Waals surface area contributed by atoms with Gasteiger partial charge < -0.3 is 5.32 Å². The lowest BCUT2D eigenvalue weighted by molar-refractivity contribution is -0.133. The van der Waals surface area contributed by atoms with Gasteiger partial charge in [-0.25, -0.2) is 0 Å². The van der Waals surface area contributed by atoms with E-state index in [1.54, 1.807) is 11.8 Å². The van der Waals surface area contributed by atoms with E-state index in [1.807, 2.05) is 31.2 Å². The average Bonchev–Trinajstić information content (AvgIpc) is 2.42. The van der Waals surface area contributed by atoms with Crippen LogP contribution in [-0.4, -0.2) is 23.9 Å². The first-order valence-corrected chi connectivity index (χ1v) is 7.50. The molecule has 0 saturated carbocycles. The van der Waals surface area contributed by atoms with Gasteiger partial charge in [-0.3, -0.25) is 14.5 Å². The minimum atomic E-state index is -0.483. The molecule has 1 aliphatic rings. The summed E-state index contributed by atoms with van der Waals surface area (Å²) in [6.07, 6.45) is 0.603. The molecule has 2 amide bonds. The monoisotopic (exact) mass is 288 g/mol. The van der Waals surface area contributed by atoms with Gasteiger partial charge in [0.25, 0.3) is 0 Å². The Morgan fingerprint density at radius 2 is 1.81 bits per heavy atom. The van der Waals surface area contributed by atoms with Gasteiger partial charge in [0.2, 0.25) is 11.8 Å². The highest BCUT2D eigenvalue weighted by atomic mass is 16.2. The Balaban J connectivity index is 2.53. The maximum Gasteiger partial charge on any atom is 0.250 e. The van der Waals surface area contributed by atoms with E-state index in [4.69, 9.17) is 0 Å². The van der Waals surface area contributed by atoms with Crippen LogP contribution in [0.5, 0.6) is 0 Å². The summed E-state index contributed by atoms with van der Waals surface area (Å²) in [7, 11) is 0. The number of hydrogen-bond acceptors (Lipinski definition) is 2. The molecule has 1 saturated heterocycles. The van der Waals surface area contributed by atoms with E-state index >= 15 is 0 Å². The summed E-state index contributed by atoms with van der Waals surface area (Å²) < 4.78 is 0. The first-order chi connectivity index (χ1) is 9.77. The molecule has 4 heteroatoms. The normalized spacial score (nSPS) is 23.2. The van der Waals surface area contributed by atoms with Gasteiger partial charge in [-0.1, -0.05) is 45.9 Å². The van der Waals surface area contributed by atoms with Crippen LogP contribution in [-0.2, 0) is 15.0 Å². The Morgan fingerprint density at radius 1 is 1.19 bits per heavy atom. The second kappa shape index (κ2) is 5.51. The second-order valence-corrected chi connectivity index (χ2v) is 6.62. The van der Waals surface area contributed by atoms with Crippen LogP contribution in [0.2, 0.25) is 0 Å². The number of carbonyl (C=O) groups is 2. The fourth-order valence-corrected chi connectivity index (χ4v) is 2.75. The minimum absolute atomic E-state index is 0.0266. The fourth-order valence-electron chi connectivity index (χ4n) is 2.75. The molecule has 0 bridgehead atoms. The molecule has 1 aromatic rings. The number of benzene rings is 1. The Morgan fingerprint density at radius 3 is 2.38 bits per heavy atom. The van der Waals surface area contributed by atoms with Gasteiger partial charge in [0.1, 0.15) is 12.1 Å². The topological polar surface area (TPSA) is 49.4 Å². The van der Waals surface area contributed by atoms with Crippen LogP contribution in [0.15, 0.2) is 24.3 Å². The fraction of sp³-hybridized carbons (Fsp3) is 0.529. The maximum atomic E-state index is 12.7. The van der Waals surface area contributed by atoms with Crippen LogP contribution in [0, 0.1) is 0 Å². The molecule has 0 aliphatic carbocycles. The van der Waals surface area contributed by atoms with Crippen LogP contribution in [0.3, 0.4) is 0 Å². The molecule has 1 fully saturated rings. The van der Waals surface area contributed by atoms with Crippen molar-refractivity contribution in [3.8, 4) is 0 Å². The van der Waals surface area contributed by atoms with Crippen molar-refractivity contribution in [3.63, 3.8) is 0 Å². The van der Waals surface area contributed by atoms with Gasteiger partial charge in [0.05, 0.1) is 0 Å². The summed E-state index contributed by atoms with van der Waals surface area (Å²) in [5, 5.41) is 2.79. The molecule has 2 rings (SSSR count). The van der Waals surface area contributed by atoms with Gasteiger partial charge in [-0.05, 0) is 30.4 Å². The van der Waals surface area contributed by atoms with E-state index in [1.165, 1.54) is 0 Å². The smallest absolute Gasteiger partial charge is 0.250 e. The number of para-hydroxylation sites is 1. The number of rotatable bonds is 2. The zero-order valence-electron chi connectivity index (χ0n) is 13.4. The summed E-state index contributed by atoms with van der Waals surface area (Å²) in [5.41, 5.74) is 1.83. The number of piperazine rings is 1. The van der Waals surface area contributed by atoms with Crippen molar-refractivity contribution in [2.45, 2.75) is 58.5 Å². The zero-order chi connectivity index (χ0) is 15.8. The molecule has 1 aliphatic heterocycles. The number of carbonyl (C=O) groups excluding carboxylic acids is 2. The van der Waals surface area contributed by atoms with Gasteiger partial charge >= 0.3 is 0 Å². The lowest BCUT2D eigenvalue weighted by atomic mass is 9.85. The Labute approximate surface area is 126 Å². The van der Waals surface area contributed by atoms with Crippen LogP contribution < -0.4 is 10.2 Å². The minimum Gasteiger partial charge on any atom is -0.343 e. The molecule has 21 heavy (non-hydrogen) atoms.